The third-order valence-corrected chi connectivity index (χ3v) is 4.88. The van der Waals surface area contributed by atoms with Crippen LogP contribution in [0.2, 0.25) is 0 Å². The topological polar surface area (TPSA) is 38.7 Å². The van der Waals surface area contributed by atoms with Crippen molar-refractivity contribution in [3.8, 4) is 23.3 Å². The summed E-state index contributed by atoms with van der Waals surface area (Å²) in [5, 5.41) is 9.56. The molecule has 3 heteroatoms. The molecule has 2 saturated carbocycles. The summed E-state index contributed by atoms with van der Waals surface area (Å²) in [4.78, 5) is 0. The molecular formula is C20H26O3. The number of aliphatic hydroxyl groups excluding tert-OH is 1. The van der Waals surface area contributed by atoms with Gasteiger partial charge in [-0.15, -0.1) is 0 Å². The predicted molar refractivity (Wildman–Crippen MR) is 90.7 cm³/mol. The maximum atomic E-state index is 9.56. The molecule has 1 aromatic rings. The van der Waals surface area contributed by atoms with E-state index in [1.165, 1.54) is 12.8 Å². The van der Waals surface area contributed by atoms with E-state index in [1.54, 1.807) is 7.11 Å². The van der Waals surface area contributed by atoms with Gasteiger partial charge in [-0.3, -0.25) is 0 Å². The first-order valence-corrected chi connectivity index (χ1v) is 8.79. The lowest BCUT2D eigenvalue weighted by atomic mass is 9.88. The summed E-state index contributed by atoms with van der Waals surface area (Å²) in [6.45, 7) is 0. The summed E-state index contributed by atoms with van der Waals surface area (Å²) in [6.07, 6.45) is 8.68. The van der Waals surface area contributed by atoms with Crippen molar-refractivity contribution in [2.45, 2.75) is 63.6 Å². The Labute approximate surface area is 139 Å². The molecule has 0 atom stereocenters. The van der Waals surface area contributed by atoms with Crippen molar-refractivity contribution in [2.75, 3.05) is 7.11 Å². The van der Waals surface area contributed by atoms with Crippen molar-refractivity contribution in [2.24, 2.45) is 5.92 Å². The van der Waals surface area contributed by atoms with E-state index in [9.17, 15) is 5.11 Å². The van der Waals surface area contributed by atoms with Crippen LogP contribution >= 0.6 is 0 Å². The van der Waals surface area contributed by atoms with E-state index in [-0.39, 0.29) is 6.10 Å². The van der Waals surface area contributed by atoms with Gasteiger partial charge in [0.25, 0.3) is 0 Å². The van der Waals surface area contributed by atoms with Gasteiger partial charge >= 0.3 is 0 Å². The van der Waals surface area contributed by atoms with Crippen molar-refractivity contribution < 1.29 is 14.6 Å². The van der Waals surface area contributed by atoms with Crippen LogP contribution in [-0.2, 0) is 0 Å². The van der Waals surface area contributed by atoms with Crippen LogP contribution in [0.5, 0.6) is 11.5 Å². The lowest BCUT2D eigenvalue weighted by molar-refractivity contribution is 0.119. The minimum absolute atomic E-state index is 0.125. The summed E-state index contributed by atoms with van der Waals surface area (Å²) in [7, 11) is 1.68. The summed E-state index contributed by atoms with van der Waals surface area (Å²) in [5.41, 5.74) is 0.977. The highest BCUT2D eigenvalue weighted by atomic mass is 16.5. The van der Waals surface area contributed by atoms with Crippen LogP contribution in [0.1, 0.15) is 56.9 Å². The molecule has 3 nitrogen and oxygen atoms in total. The largest absolute Gasteiger partial charge is 0.493 e. The zero-order valence-corrected chi connectivity index (χ0v) is 13.9. The number of hydrogen-bond acceptors (Lipinski definition) is 3. The van der Waals surface area contributed by atoms with Crippen molar-refractivity contribution >= 4 is 0 Å². The average Bonchev–Trinajstić information content (AvgIpc) is 3.07. The van der Waals surface area contributed by atoms with Crippen LogP contribution in [0.3, 0.4) is 0 Å². The first kappa shape index (κ1) is 16.2. The summed E-state index contributed by atoms with van der Waals surface area (Å²) >= 11 is 0. The standard InChI is InChI=1S/C20H26O3/c1-22-19-13-10-16(7-6-15-8-11-17(21)12-9-15)14-20(19)23-18-4-2-3-5-18/h10,13-15,17-18,21H,2-5,8-9,11-12H2,1H3. The molecule has 0 radical (unpaired) electrons. The molecule has 0 unspecified atom stereocenters. The Bertz CT molecular complexity index is 570. The molecular weight excluding hydrogens is 288 g/mol. The van der Waals surface area contributed by atoms with Gasteiger partial charge in [-0.25, -0.2) is 0 Å². The van der Waals surface area contributed by atoms with Gasteiger partial charge in [-0.1, -0.05) is 11.8 Å². The average molecular weight is 314 g/mol. The first-order valence-electron chi connectivity index (χ1n) is 8.79. The molecule has 0 aromatic heterocycles. The van der Waals surface area contributed by atoms with Crippen LogP contribution in [-0.4, -0.2) is 24.4 Å². The van der Waals surface area contributed by atoms with Crippen LogP contribution in [0.25, 0.3) is 0 Å². The fourth-order valence-electron chi connectivity index (χ4n) is 3.44. The number of benzene rings is 1. The van der Waals surface area contributed by atoms with Crippen LogP contribution in [0, 0.1) is 17.8 Å². The lowest BCUT2D eigenvalue weighted by Crippen LogP contribution is -2.16. The Morgan fingerprint density at radius 3 is 2.43 bits per heavy atom. The zero-order chi connectivity index (χ0) is 16.1. The Morgan fingerprint density at radius 2 is 1.74 bits per heavy atom. The zero-order valence-electron chi connectivity index (χ0n) is 13.9. The van der Waals surface area contributed by atoms with E-state index in [1.807, 2.05) is 18.2 Å². The molecule has 0 heterocycles. The minimum Gasteiger partial charge on any atom is -0.493 e. The Kier molecular flexibility index (Phi) is 5.46. The van der Waals surface area contributed by atoms with Gasteiger partial charge in [0.1, 0.15) is 0 Å². The molecule has 124 valence electrons. The molecule has 2 aliphatic carbocycles. The normalized spacial score (nSPS) is 24.8. The van der Waals surface area contributed by atoms with Gasteiger partial charge in [-0.05, 0) is 69.6 Å². The van der Waals surface area contributed by atoms with Crippen molar-refractivity contribution in [3.05, 3.63) is 23.8 Å². The molecule has 23 heavy (non-hydrogen) atoms. The van der Waals surface area contributed by atoms with Crippen LogP contribution in [0.15, 0.2) is 18.2 Å². The molecule has 0 spiro atoms. The summed E-state index contributed by atoms with van der Waals surface area (Å²) in [5.74, 6) is 8.63. The fourth-order valence-corrected chi connectivity index (χ4v) is 3.44. The van der Waals surface area contributed by atoms with E-state index in [0.717, 1.165) is 55.6 Å². The molecule has 3 rings (SSSR count). The van der Waals surface area contributed by atoms with Gasteiger partial charge in [0, 0.05) is 11.5 Å². The van der Waals surface area contributed by atoms with Gasteiger partial charge in [0.2, 0.25) is 0 Å². The highest BCUT2D eigenvalue weighted by molar-refractivity contribution is 5.48. The summed E-state index contributed by atoms with van der Waals surface area (Å²) in [6, 6.07) is 5.94. The second kappa shape index (κ2) is 7.75. The van der Waals surface area contributed by atoms with Gasteiger partial charge < -0.3 is 14.6 Å². The van der Waals surface area contributed by atoms with Crippen molar-refractivity contribution in [3.63, 3.8) is 0 Å². The van der Waals surface area contributed by atoms with Gasteiger partial charge in [0.05, 0.1) is 19.3 Å². The van der Waals surface area contributed by atoms with Gasteiger partial charge in [-0.2, -0.15) is 0 Å². The van der Waals surface area contributed by atoms with Gasteiger partial charge in [0.15, 0.2) is 11.5 Å². The Balaban J connectivity index is 1.70. The molecule has 2 fully saturated rings. The number of ether oxygens (including phenoxy) is 2. The predicted octanol–water partition coefficient (Wildman–Crippen LogP) is 3.92. The molecule has 0 amide bonds. The monoisotopic (exact) mass is 314 g/mol. The summed E-state index contributed by atoms with van der Waals surface area (Å²) < 4.78 is 11.5. The Hall–Kier alpha value is -1.66. The number of rotatable bonds is 3. The van der Waals surface area contributed by atoms with Crippen LogP contribution < -0.4 is 9.47 Å². The Morgan fingerprint density at radius 1 is 1.00 bits per heavy atom. The lowest BCUT2D eigenvalue weighted by Gasteiger charge is -2.21. The molecule has 1 N–H and O–H groups in total. The SMILES string of the molecule is COc1ccc(C#CC2CCC(O)CC2)cc1OC1CCCC1. The van der Waals surface area contributed by atoms with Crippen molar-refractivity contribution in [1.29, 1.82) is 0 Å². The van der Waals surface area contributed by atoms with E-state index >= 15 is 0 Å². The van der Waals surface area contributed by atoms with Crippen LogP contribution in [0.4, 0.5) is 0 Å². The third kappa shape index (κ3) is 4.42. The highest BCUT2D eigenvalue weighted by Crippen LogP contribution is 2.32. The second-order valence-electron chi connectivity index (χ2n) is 6.66. The maximum Gasteiger partial charge on any atom is 0.162 e. The van der Waals surface area contributed by atoms with E-state index in [4.69, 9.17) is 9.47 Å². The minimum atomic E-state index is -0.125. The van der Waals surface area contributed by atoms with E-state index < -0.39 is 0 Å². The molecule has 1 aromatic carbocycles. The van der Waals surface area contributed by atoms with E-state index in [2.05, 4.69) is 11.8 Å². The third-order valence-electron chi connectivity index (χ3n) is 4.88. The van der Waals surface area contributed by atoms with Crippen molar-refractivity contribution in [1.82, 2.24) is 0 Å². The maximum absolute atomic E-state index is 9.56. The molecule has 2 aliphatic rings. The molecule has 0 aliphatic heterocycles. The quantitative estimate of drug-likeness (QED) is 0.860. The number of hydrogen-bond donors (Lipinski definition) is 1. The molecule has 0 bridgehead atoms. The fraction of sp³-hybridized carbons (Fsp3) is 0.600. The van der Waals surface area contributed by atoms with E-state index in [0.29, 0.717) is 12.0 Å². The first-order chi connectivity index (χ1) is 11.2. The highest BCUT2D eigenvalue weighted by Gasteiger charge is 2.19. The number of aliphatic hydroxyl groups is 1. The smallest absolute Gasteiger partial charge is 0.162 e. The number of methoxy groups -OCH3 is 1. The second-order valence-corrected chi connectivity index (χ2v) is 6.66. The molecule has 0 saturated heterocycles.